The topological polar surface area (TPSA) is 46.6 Å². The van der Waals surface area contributed by atoms with Gasteiger partial charge in [-0.15, -0.1) is 11.8 Å². The monoisotopic (exact) mass is 337 g/mol. The van der Waals surface area contributed by atoms with Crippen LogP contribution in [0.2, 0.25) is 0 Å². The van der Waals surface area contributed by atoms with Crippen LogP contribution in [0.3, 0.4) is 0 Å². The maximum Gasteiger partial charge on any atom is 0.354 e. The number of benzene rings is 1. The zero-order chi connectivity index (χ0) is 17.4. The molecule has 0 unspecified atom stereocenters. The summed E-state index contributed by atoms with van der Waals surface area (Å²) in [6.07, 6.45) is 4.88. The van der Waals surface area contributed by atoms with E-state index in [1.807, 2.05) is 0 Å². The van der Waals surface area contributed by atoms with Crippen molar-refractivity contribution in [1.82, 2.24) is 4.90 Å². The SMILES string of the molecule is CCOC(=O)/C(=C/C=C(\SC)C(=O)c1ccc(F)cc1)N(C)C. The molecule has 0 amide bonds. The Labute approximate surface area is 140 Å². The number of hydrogen-bond donors (Lipinski definition) is 0. The van der Waals surface area contributed by atoms with Gasteiger partial charge in [0.15, 0.2) is 5.78 Å². The van der Waals surface area contributed by atoms with Crippen LogP contribution in [0.15, 0.2) is 47.0 Å². The Morgan fingerprint density at radius 3 is 2.30 bits per heavy atom. The number of nitrogens with zero attached hydrogens (tertiary/aromatic N) is 1. The number of carbonyl (C=O) groups is 2. The molecule has 0 saturated heterocycles. The highest BCUT2D eigenvalue weighted by molar-refractivity contribution is 8.03. The molecule has 0 heterocycles. The number of allylic oxidation sites excluding steroid dienone is 3. The van der Waals surface area contributed by atoms with Crippen molar-refractivity contribution in [3.63, 3.8) is 0 Å². The molecule has 0 saturated carbocycles. The van der Waals surface area contributed by atoms with Gasteiger partial charge in [0, 0.05) is 19.7 Å². The number of thioether (sulfide) groups is 1. The molecule has 0 atom stereocenters. The summed E-state index contributed by atoms with van der Waals surface area (Å²) in [5.41, 5.74) is 0.730. The van der Waals surface area contributed by atoms with Crippen LogP contribution in [0.25, 0.3) is 0 Å². The molecule has 6 heteroatoms. The van der Waals surface area contributed by atoms with E-state index in [9.17, 15) is 14.0 Å². The zero-order valence-corrected chi connectivity index (χ0v) is 14.4. The first-order valence-corrected chi connectivity index (χ1v) is 8.23. The molecule has 0 aliphatic rings. The Morgan fingerprint density at radius 1 is 1.22 bits per heavy atom. The average molecular weight is 337 g/mol. The molecule has 1 aromatic carbocycles. The number of halogens is 1. The van der Waals surface area contributed by atoms with Gasteiger partial charge in [0.2, 0.25) is 0 Å². The summed E-state index contributed by atoms with van der Waals surface area (Å²) in [6.45, 7) is 2.00. The lowest BCUT2D eigenvalue weighted by atomic mass is 10.1. The standard InChI is InChI=1S/C17H20FNO3S/c1-5-22-17(21)14(19(2)3)10-11-15(23-4)16(20)12-6-8-13(18)9-7-12/h6-11H,5H2,1-4H3/b14-10-,15-11-. The number of ether oxygens (including phenoxy) is 1. The summed E-state index contributed by atoms with van der Waals surface area (Å²) in [5, 5.41) is 0. The summed E-state index contributed by atoms with van der Waals surface area (Å²) in [6, 6.07) is 5.35. The number of Topliss-reactive ketones (excluding diaryl/α,β-unsaturated/α-hetero) is 1. The van der Waals surface area contributed by atoms with Crippen molar-refractivity contribution >= 4 is 23.5 Å². The van der Waals surface area contributed by atoms with Crippen molar-refractivity contribution in [2.75, 3.05) is 27.0 Å². The molecule has 0 aliphatic heterocycles. The molecule has 124 valence electrons. The highest BCUT2D eigenvalue weighted by Gasteiger charge is 2.14. The van der Waals surface area contributed by atoms with Crippen LogP contribution in [-0.2, 0) is 9.53 Å². The van der Waals surface area contributed by atoms with E-state index in [0.717, 1.165) is 0 Å². The highest BCUT2D eigenvalue weighted by Crippen LogP contribution is 2.19. The Bertz CT molecular complexity index is 621. The molecular formula is C17H20FNO3S. The number of ketones is 1. The van der Waals surface area contributed by atoms with Gasteiger partial charge in [-0.05, 0) is 49.6 Å². The predicted octanol–water partition coefficient (Wildman–Crippen LogP) is 3.26. The smallest absolute Gasteiger partial charge is 0.354 e. The number of hydrogen-bond acceptors (Lipinski definition) is 5. The second kappa shape index (κ2) is 9.15. The lowest BCUT2D eigenvalue weighted by Crippen LogP contribution is -2.21. The van der Waals surface area contributed by atoms with Gasteiger partial charge in [0.1, 0.15) is 11.5 Å². The maximum atomic E-state index is 12.9. The zero-order valence-electron chi connectivity index (χ0n) is 13.6. The summed E-state index contributed by atoms with van der Waals surface area (Å²) >= 11 is 1.26. The molecule has 1 rings (SSSR count). The number of carbonyl (C=O) groups excluding carboxylic acids is 2. The molecule has 0 aliphatic carbocycles. The van der Waals surface area contributed by atoms with Crippen LogP contribution in [0.4, 0.5) is 4.39 Å². The van der Waals surface area contributed by atoms with E-state index < -0.39 is 11.8 Å². The van der Waals surface area contributed by atoms with Crippen molar-refractivity contribution in [3.05, 3.63) is 58.4 Å². The molecule has 0 fully saturated rings. The van der Waals surface area contributed by atoms with E-state index in [1.165, 1.54) is 36.0 Å². The van der Waals surface area contributed by atoms with E-state index in [4.69, 9.17) is 4.74 Å². The lowest BCUT2D eigenvalue weighted by Gasteiger charge is -2.15. The Morgan fingerprint density at radius 2 is 1.83 bits per heavy atom. The predicted molar refractivity (Wildman–Crippen MR) is 90.7 cm³/mol. The minimum atomic E-state index is -0.455. The van der Waals surface area contributed by atoms with Crippen molar-refractivity contribution in [2.24, 2.45) is 0 Å². The van der Waals surface area contributed by atoms with Crippen LogP contribution < -0.4 is 0 Å². The van der Waals surface area contributed by atoms with E-state index in [2.05, 4.69) is 0 Å². The fraction of sp³-hybridized carbons (Fsp3) is 0.294. The maximum absolute atomic E-state index is 12.9. The van der Waals surface area contributed by atoms with Gasteiger partial charge in [-0.2, -0.15) is 0 Å². The molecule has 4 nitrogen and oxygen atoms in total. The Kier molecular flexibility index (Phi) is 7.54. The Hall–Kier alpha value is -2.08. The van der Waals surface area contributed by atoms with Crippen LogP contribution in [-0.4, -0.2) is 43.6 Å². The summed E-state index contributed by atoms with van der Waals surface area (Å²) in [7, 11) is 3.44. The molecule has 0 bridgehead atoms. The second-order valence-corrected chi connectivity index (χ2v) is 5.59. The molecule has 0 aromatic heterocycles. The van der Waals surface area contributed by atoms with Crippen LogP contribution >= 0.6 is 11.8 Å². The van der Waals surface area contributed by atoms with E-state index in [-0.39, 0.29) is 12.4 Å². The van der Waals surface area contributed by atoms with E-state index in [0.29, 0.717) is 16.2 Å². The minimum absolute atomic E-state index is 0.226. The summed E-state index contributed by atoms with van der Waals surface area (Å²) in [4.78, 5) is 26.3. The van der Waals surface area contributed by atoms with Crippen molar-refractivity contribution < 1.29 is 18.7 Å². The van der Waals surface area contributed by atoms with Crippen molar-refractivity contribution in [1.29, 1.82) is 0 Å². The largest absolute Gasteiger partial charge is 0.461 e. The minimum Gasteiger partial charge on any atom is -0.461 e. The fourth-order valence-corrected chi connectivity index (χ4v) is 2.25. The van der Waals surface area contributed by atoms with Gasteiger partial charge in [-0.25, -0.2) is 9.18 Å². The van der Waals surface area contributed by atoms with Crippen LogP contribution in [0.1, 0.15) is 17.3 Å². The fourth-order valence-electron chi connectivity index (χ4n) is 1.74. The first kappa shape index (κ1) is 19.0. The molecule has 0 spiro atoms. The number of esters is 1. The Balaban J connectivity index is 3.08. The molecular weight excluding hydrogens is 317 g/mol. The first-order chi connectivity index (χ1) is 10.9. The number of rotatable bonds is 7. The average Bonchev–Trinajstić information content (AvgIpc) is 2.51. The molecule has 23 heavy (non-hydrogen) atoms. The molecule has 0 radical (unpaired) electrons. The van der Waals surface area contributed by atoms with Crippen molar-refractivity contribution in [3.8, 4) is 0 Å². The van der Waals surface area contributed by atoms with Crippen LogP contribution in [0, 0.1) is 5.82 Å². The molecule has 1 aromatic rings. The van der Waals surface area contributed by atoms with Gasteiger partial charge in [-0.3, -0.25) is 4.79 Å². The third-order valence-electron chi connectivity index (χ3n) is 2.91. The lowest BCUT2D eigenvalue weighted by molar-refractivity contribution is -0.140. The second-order valence-electron chi connectivity index (χ2n) is 4.74. The normalized spacial score (nSPS) is 12.0. The van der Waals surface area contributed by atoms with E-state index in [1.54, 1.807) is 44.3 Å². The quantitative estimate of drug-likeness (QED) is 0.331. The summed E-state index contributed by atoms with van der Waals surface area (Å²) in [5.74, 6) is -1.08. The third-order valence-corrected chi connectivity index (χ3v) is 3.67. The van der Waals surface area contributed by atoms with E-state index >= 15 is 0 Å². The van der Waals surface area contributed by atoms with Gasteiger partial charge < -0.3 is 9.64 Å². The molecule has 0 N–H and O–H groups in total. The van der Waals surface area contributed by atoms with Gasteiger partial charge in [0.05, 0.1) is 11.5 Å². The van der Waals surface area contributed by atoms with Gasteiger partial charge >= 0.3 is 5.97 Å². The first-order valence-electron chi connectivity index (χ1n) is 7.01. The van der Waals surface area contributed by atoms with Crippen molar-refractivity contribution in [2.45, 2.75) is 6.92 Å². The van der Waals surface area contributed by atoms with Crippen LogP contribution in [0.5, 0.6) is 0 Å². The highest BCUT2D eigenvalue weighted by atomic mass is 32.2. The number of likely N-dealkylation sites (N-methyl/N-ethyl adjacent to an activating group) is 1. The van der Waals surface area contributed by atoms with Gasteiger partial charge in [0.25, 0.3) is 0 Å². The summed E-state index contributed by atoms with van der Waals surface area (Å²) < 4.78 is 17.9. The van der Waals surface area contributed by atoms with Gasteiger partial charge in [-0.1, -0.05) is 0 Å². The third kappa shape index (κ3) is 5.56.